The fourth-order valence-electron chi connectivity index (χ4n) is 1.70. The van der Waals surface area contributed by atoms with Crippen LogP contribution in [-0.4, -0.2) is 11.8 Å². The molecule has 1 aliphatic heterocycles. The Labute approximate surface area is 95.3 Å². The smallest absolute Gasteiger partial charge is 0.213 e. The molecule has 3 heteroatoms. The first-order valence-corrected chi connectivity index (χ1v) is 5.40. The second-order valence-electron chi connectivity index (χ2n) is 4.10. The topological polar surface area (TPSA) is 45.4 Å². The summed E-state index contributed by atoms with van der Waals surface area (Å²) in [7, 11) is 0. The lowest BCUT2D eigenvalue weighted by Gasteiger charge is -2.16. The van der Waals surface area contributed by atoms with Crippen molar-refractivity contribution in [1.82, 2.24) is 0 Å². The predicted octanol–water partition coefficient (Wildman–Crippen LogP) is 2.71. The summed E-state index contributed by atoms with van der Waals surface area (Å²) in [6, 6.07) is 8.32. The van der Waals surface area contributed by atoms with E-state index in [1.165, 1.54) is 11.1 Å². The molecular formula is C13H14N2O. The van der Waals surface area contributed by atoms with Gasteiger partial charge in [0.2, 0.25) is 6.10 Å². The Balaban J connectivity index is 2.23. The van der Waals surface area contributed by atoms with Crippen LogP contribution in [0.1, 0.15) is 29.5 Å². The number of hydrogen-bond donors (Lipinski definition) is 0. The molecule has 1 unspecified atom stereocenters. The quantitative estimate of drug-likeness (QED) is 0.721. The van der Waals surface area contributed by atoms with Gasteiger partial charge in [-0.15, -0.1) is 0 Å². The Bertz CT molecular complexity index is 471. The second kappa shape index (κ2) is 4.36. The van der Waals surface area contributed by atoms with E-state index in [4.69, 9.17) is 10.1 Å². The molecule has 0 saturated carbocycles. The molecule has 1 aliphatic rings. The molecule has 0 saturated heterocycles. The number of nitrogens with zero attached hydrogens (tertiary/aromatic N) is 2. The third-order valence-electron chi connectivity index (χ3n) is 2.92. The molecule has 0 bridgehead atoms. The van der Waals surface area contributed by atoms with E-state index < -0.39 is 0 Å². The SMILES string of the molecule is Cc1ccc(C2=NOC(C#N)CC2)cc1C. The van der Waals surface area contributed by atoms with Crippen molar-refractivity contribution in [3.05, 3.63) is 34.9 Å². The van der Waals surface area contributed by atoms with E-state index in [-0.39, 0.29) is 6.10 Å². The number of oxime groups is 1. The average Bonchev–Trinajstić information content (AvgIpc) is 2.33. The molecule has 2 rings (SSSR count). The van der Waals surface area contributed by atoms with Gasteiger partial charge in [0, 0.05) is 6.42 Å². The van der Waals surface area contributed by atoms with Crippen molar-refractivity contribution in [3.63, 3.8) is 0 Å². The first kappa shape index (κ1) is 10.7. The summed E-state index contributed by atoms with van der Waals surface area (Å²) in [6.07, 6.45) is 1.15. The van der Waals surface area contributed by atoms with Gasteiger partial charge in [-0.2, -0.15) is 5.26 Å². The minimum Gasteiger partial charge on any atom is -0.377 e. The van der Waals surface area contributed by atoms with Crippen LogP contribution in [0.25, 0.3) is 0 Å². The van der Waals surface area contributed by atoms with Crippen LogP contribution in [0.3, 0.4) is 0 Å². The highest BCUT2D eigenvalue weighted by atomic mass is 16.6. The summed E-state index contributed by atoms with van der Waals surface area (Å²) >= 11 is 0. The minimum atomic E-state index is -0.379. The standard InChI is InChI=1S/C13H14N2O/c1-9-3-4-11(7-10(9)2)13-6-5-12(8-14)16-15-13/h3-4,7,12H,5-6H2,1-2H3. The Hall–Kier alpha value is -1.82. The molecule has 0 aromatic heterocycles. The summed E-state index contributed by atoms with van der Waals surface area (Å²) in [5.74, 6) is 0. The summed E-state index contributed by atoms with van der Waals surface area (Å²) in [5, 5.41) is 12.7. The molecule has 0 spiro atoms. The van der Waals surface area contributed by atoms with Crippen LogP contribution in [-0.2, 0) is 4.84 Å². The lowest BCUT2D eigenvalue weighted by molar-refractivity contribution is 0.0822. The molecule has 0 fully saturated rings. The van der Waals surface area contributed by atoms with Gasteiger partial charge < -0.3 is 4.84 Å². The van der Waals surface area contributed by atoms with Gasteiger partial charge in [-0.3, -0.25) is 0 Å². The van der Waals surface area contributed by atoms with E-state index >= 15 is 0 Å². The number of rotatable bonds is 1. The molecule has 0 radical (unpaired) electrons. The lowest BCUT2D eigenvalue weighted by Crippen LogP contribution is -2.17. The van der Waals surface area contributed by atoms with Crippen molar-refractivity contribution < 1.29 is 4.84 Å². The van der Waals surface area contributed by atoms with Crippen molar-refractivity contribution in [2.45, 2.75) is 32.8 Å². The average molecular weight is 214 g/mol. The normalized spacial score (nSPS) is 19.6. The van der Waals surface area contributed by atoms with Crippen molar-refractivity contribution in [2.24, 2.45) is 5.16 Å². The molecule has 3 nitrogen and oxygen atoms in total. The maximum Gasteiger partial charge on any atom is 0.213 e. The molecule has 0 N–H and O–H groups in total. The zero-order valence-corrected chi connectivity index (χ0v) is 9.53. The van der Waals surface area contributed by atoms with Crippen LogP contribution < -0.4 is 0 Å². The van der Waals surface area contributed by atoms with Crippen molar-refractivity contribution in [1.29, 1.82) is 5.26 Å². The number of benzene rings is 1. The molecule has 82 valence electrons. The number of hydrogen-bond acceptors (Lipinski definition) is 3. The van der Waals surface area contributed by atoms with Gasteiger partial charge in [-0.25, -0.2) is 0 Å². The van der Waals surface area contributed by atoms with Gasteiger partial charge in [-0.05, 0) is 43.0 Å². The third kappa shape index (κ3) is 2.06. The van der Waals surface area contributed by atoms with Crippen LogP contribution in [0.4, 0.5) is 0 Å². The largest absolute Gasteiger partial charge is 0.377 e. The second-order valence-corrected chi connectivity index (χ2v) is 4.10. The molecule has 1 atom stereocenters. The monoisotopic (exact) mass is 214 g/mol. The summed E-state index contributed by atoms with van der Waals surface area (Å²) in [5.41, 5.74) is 4.56. The van der Waals surface area contributed by atoms with Gasteiger partial charge in [-0.1, -0.05) is 17.3 Å². The van der Waals surface area contributed by atoms with Crippen LogP contribution in [0.5, 0.6) is 0 Å². The molecule has 1 aromatic rings. The number of aryl methyl sites for hydroxylation is 2. The Kier molecular flexibility index (Phi) is 2.91. The summed E-state index contributed by atoms with van der Waals surface area (Å²) in [4.78, 5) is 5.09. The third-order valence-corrected chi connectivity index (χ3v) is 2.92. The molecule has 16 heavy (non-hydrogen) atoms. The van der Waals surface area contributed by atoms with E-state index in [1.807, 2.05) is 0 Å². The Morgan fingerprint density at radius 1 is 1.38 bits per heavy atom. The maximum atomic E-state index is 8.68. The van der Waals surface area contributed by atoms with Gasteiger partial charge in [0.05, 0.1) is 5.71 Å². The zero-order chi connectivity index (χ0) is 11.5. The van der Waals surface area contributed by atoms with E-state index in [0.717, 1.165) is 24.1 Å². The fraction of sp³-hybridized carbons (Fsp3) is 0.385. The molecule has 0 aliphatic carbocycles. The van der Waals surface area contributed by atoms with Gasteiger partial charge in [0.1, 0.15) is 6.07 Å². The number of nitriles is 1. The van der Waals surface area contributed by atoms with E-state index in [9.17, 15) is 0 Å². The molecule has 1 heterocycles. The molecule has 0 amide bonds. The molecular weight excluding hydrogens is 200 g/mol. The Morgan fingerprint density at radius 3 is 2.75 bits per heavy atom. The predicted molar refractivity (Wildman–Crippen MR) is 62.2 cm³/mol. The van der Waals surface area contributed by atoms with Crippen molar-refractivity contribution >= 4 is 5.71 Å². The van der Waals surface area contributed by atoms with Gasteiger partial charge >= 0.3 is 0 Å². The van der Waals surface area contributed by atoms with Crippen LogP contribution >= 0.6 is 0 Å². The fourth-order valence-corrected chi connectivity index (χ4v) is 1.70. The van der Waals surface area contributed by atoms with Crippen LogP contribution in [0.2, 0.25) is 0 Å². The maximum absolute atomic E-state index is 8.68. The first-order chi connectivity index (χ1) is 7.70. The van der Waals surface area contributed by atoms with Crippen LogP contribution in [0.15, 0.2) is 23.4 Å². The zero-order valence-electron chi connectivity index (χ0n) is 9.53. The molecule has 1 aromatic carbocycles. The minimum absolute atomic E-state index is 0.379. The van der Waals surface area contributed by atoms with Crippen molar-refractivity contribution in [2.75, 3.05) is 0 Å². The van der Waals surface area contributed by atoms with Gasteiger partial charge in [0.15, 0.2) is 0 Å². The lowest BCUT2D eigenvalue weighted by atomic mass is 9.99. The Morgan fingerprint density at radius 2 is 2.19 bits per heavy atom. The highest BCUT2D eigenvalue weighted by Gasteiger charge is 2.17. The highest BCUT2D eigenvalue weighted by Crippen LogP contribution is 2.18. The highest BCUT2D eigenvalue weighted by molar-refractivity contribution is 6.00. The van der Waals surface area contributed by atoms with E-state index in [1.54, 1.807) is 0 Å². The summed E-state index contributed by atoms with van der Waals surface area (Å²) in [6.45, 7) is 4.17. The van der Waals surface area contributed by atoms with E-state index in [2.05, 4.69) is 43.3 Å². The van der Waals surface area contributed by atoms with Gasteiger partial charge in [0.25, 0.3) is 0 Å². The summed E-state index contributed by atoms with van der Waals surface area (Å²) < 4.78 is 0. The van der Waals surface area contributed by atoms with Crippen LogP contribution in [0, 0.1) is 25.2 Å². The van der Waals surface area contributed by atoms with E-state index in [0.29, 0.717) is 0 Å². The first-order valence-electron chi connectivity index (χ1n) is 5.40. The van der Waals surface area contributed by atoms with Crippen molar-refractivity contribution in [3.8, 4) is 6.07 Å².